The number of benzene rings is 2. The maximum absolute atomic E-state index is 12.2. The van der Waals surface area contributed by atoms with Crippen molar-refractivity contribution in [3.05, 3.63) is 48.0 Å². The minimum atomic E-state index is -0.420. The first-order valence-corrected chi connectivity index (χ1v) is 10.0. The van der Waals surface area contributed by atoms with Crippen LogP contribution in [0.15, 0.2) is 46.9 Å². The first kappa shape index (κ1) is 22.7. The summed E-state index contributed by atoms with van der Waals surface area (Å²) in [7, 11) is 3.11. The van der Waals surface area contributed by atoms with Crippen LogP contribution in [0, 0.1) is 0 Å². The third-order valence-electron chi connectivity index (χ3n) is 4.28. The summed E-state index contributed by atoms with van der Waals surface area (Å²) in [6.45, 7) is 4.79. The number of anilines is 1. The van der Waals surface area contributed by atoms with E-state index in [1.807, 2.05) is 13.8 Å². The average Bonchev–Trinajstić information content (AvgIpc) is 3.27. The summed E-state index contributed by atoms with van der Waals surface area (Å²) < 4.78 is 27.2. The molecule has 9 heteroatoms. The Morgan fingerprint density at radius 3 is 2.38 bits per heavy atom. The van der Waals surface area contributed by atoms with Crippen molar-refractivity contribution in [2.75, 3.05) is 32.8 Å². The molecule has 0 aliphatic heterocycles. The van der Waals surface area contributed by atoms with Crippen LogP contribution in [0.5, 0.6) is 23.0 Å². The van der Waals surface area contributed by atoms with Crippen LogP contribution >= 0.6 is 0 Å². The molecule has 1 aromatic heterocycles. The summed E-state index contributed by atoms with van der Waals surface area (Å²) in [5.41, 5.74) is 1.41. The van der Waals surface area contributed by atoms with E-state index in [9.17, 15) is 4.79 Å². The van der Waals surface area contributed by atoms with Crippen molar-refractivity contribution < 1.29 is 28.2 Å². The van der Waals surface area contributed by atoms with Gasteiger partial charge >= 0.3 is 6.01 Å². The van der Waals surface area contributed by atoms with Gasteiger partial charge < -0.3 is 23.4 Å². The van der Waals surface area contributed by atoms with Gasteiger partial charge in [0.05, 0.1) is 27.4 Å². The number of carbonyl (C=O) groups is 1. The van der Waals surface area contributed by atoms with Gasteiger partial charge in [0, 0.05) is 11.6 Å². The molecule has 0 aliphatic rings. The Morgan fingerprint density at radius 2 is 1.66 bits per heavy atom. The Labute approximate surface area is 186 Å². The SMILES string of the molecule is CCOc1ccc(-c2nnc(NC(=O)C=Cc3ccc(OC)c(OC)c3)o2)cc1OCC. The molecule has 0 saturated heterocycles. The van der Waals surface area contributed by atoms with Crippen LogP contribution in [-0.4, -0.2) is 43.5 Å². The molecule has 3 aromatic rings. The molecule has 1 N–H and O–H groups in total. The molecule has 0 atom stereocenters. The molecule has 0 saturated carbocycles. The van der Waals surface area contributed by atoms with Gasteiger partial charge in [0.15, 0.2) is 23.0 Å². The number of methoxy groups -OCH3 is 2. The van der Waals surface area contributed by atoms with Crippen LogP contribution in [-0.2, 0) is 4.79 Å². The van der Waals surface area contributed by atoms with Crippen molar-refractivity contribution in [3.8, 4) is 34.5 Å². The standard InChI is InChI=1S/C23H25N3O6/c1-5-30-18-11-9-16(14-20(18)31-6-2)22-25-26-23(32-22)24-21(27)12-8-15-7-10-17(28-3)19(13-15)29-4/h7-14H,5-6H2,1-4H3,(H,24,26,27). The molecule has 0 radical (unpaired) electrons. The molecule has 0 spiro atoms. The molecule has 3 rings (SSSR count). The van der Waals surface area contributed by atoms with Crippen LogP contribution in [0.1, 0.15) is 19.4 Å². The van der Waals surface area contributed by atoms with Gasteiger partial charge in [-0.25, -0.2) is 0 Å². The zero-order valence-electron chi connectivity index (χ0n) is 18.4. The number of amides is 1. The fourth-order valence-corrected chi connectivity index (χ4v) is 2.85. The lowest BCUT2D eigenvalue weighted by atomic mass is 10.2. The van der Waals surface area contributed by atoms with Gasteiger partial charge in [-0.2, -0.15) is 0 Å². The zero-order valence-corrected chi connectivity index (χ0v) is 18.4. The molecule has 2 aromatic carbocycles. The molecule has 1 amide bonds. The molecular weight excluding hydrogens is 414 g/mol. The monoisotopic (exact) mass is 439 g/mol. The predicted octanol–water partition coefficient (Wildman–Crippen LogP) is 4.20. The second-order valence-corrected chi connectivity index (χ2v) is 6.38. The van der Waals surface area contributed by atoms with Crippen molar-refractivity contribution in [2.45, 2.75) is 13.8 Å². The van der Waals surface area contributed by atoms with E-state index in [2.05, 4.69) is 15.5 Å². The van der Waals surface area contributed by atoms with Crippen molar-refractivity contribution in [1.29, 1.82) is 0 Å². The summed E-state index contributed by atoms with van der Waals surface area (Å²) in [6.07, 6.45) is 2.99. The van der Waals surface area contributed by atoms with E-state index in [1.165, 1.54) is 6.08 Å². The number of carbonyl (C=O) groups excluding carboxylic acids is 1. The molecule has 0 aliphatic carbocycles. The second kappa shape index (κ2) is 10.9. The molecular formula is C23H25N3O6. The van der Waals surface area contributed by atoms with Gasteiger partial charge in [-0.15, -0.1) is 5.10 Å². The van der Waals surface area contributed by atoms with E-state index in [4.69, 9.17) is 23.4 Å². The first-order chi connectivity index (χ1) is 15.6. The highest BCUT2D eigenvalue weighted by molar-refractivity contribution is 6.00. The maximum atomic E-state index is 12.2. The van der Waals surface area contributed by atoms with Crippen molar-refractivity contribution in [1.82, 2.24) is 10.2 Å². The summed E-state index contributed by atoms with van der Waals surface area (Å²) in [5, 5.41) is 10.4. The number of hydrogen-bond acceptors (Lipinski definition) is 8. The quantitative estimate of drug-likeness (QED) is 0.469. The third-order valence-corrected chi connectivity index (χ3v) is 4.28. The molecule has 0 bridgehead atoms. The lowest BCUT2D eigenvalue weighted by Gasteiger charge is -2.11. The topological polar surface area (TPSA) is 105 Å². The first-order valence-electron chi connectivity index (χ1n) is 10.0. The molecule has 0 fully saturated rings. The van der Waals surface area contributed by atoms with Crippen LogP contribution in [0.4, 0.5) is 6.01 Å². The molecule has 168 valence electrons. The van der Waals surface area contributed by atoms with Crippen molar-refractivity contribution in [3.63, 3.8) is 0 Å². The fourth-order valence-electron chi connectivity index (χ4n) is 2.85. The predicted molar refractivity (Wildman–Crippen MR) is 119 cm³/mol. The zero-order chi connectivity index (χ0) is 22.9. The number of rotatable bonds is 10. The molecule has 0 unspecified atom stereocenters. The fraction of sp³-hybridized carbons (Fsp3) is 0.261. The van der Waals surface area contributed by atoms with Crippen molar-refractivity contribution in [2.24, 2.45) is 0 Å². The molecule has 9 nitrogen and oxygen atoms in total. The Kier molecular flexibility index (Phi) is 7.69. The summed E-state index contributed by atoms with van der Waals surface area (Å²) in [6, 6.07) is 10.6. The Balaban J connectivity index is 1.69. The summed E-state index contributed by atoms with van der Waals surface area (Å²) >= 11 is 0. The van der Waals surface area contributed by atoms with E-state index in [1.54, 1.807) is 56.7 Å². The normalized spacial score (nSPS) is 10.8. The number of aromatic nitrogens is 2. The number of hydrogen-bond donors (Lipinski definition) is 1. The van der Waals surface area contributed by atoms with Crippen LogP contribution in [0.25, 0.3) is 17.5 Å². The number of ether oxygens (including phenoxy) is 4. The number of nitrogens with one attached hydrogen (secondary N) is 1. The Bertz CT molecular complexity index is 1090. The largest absolute Gasteiger partial charge is 0.493 e. The summed E-state index contributed by atoms with van der Waals surface area (Å²) in [5.74, 6) is 2.21. The van der Waals surface area contributed by atoms with Crippen LogP contribution < -0.4 is 24.3 Å². The highest BCUT2D eigenvalue weighted by Gasteiger charge is 2.14. The van der Waals surface area contributed by atoms with E-state index in [-0.39, 0.29) is 11.9 Å². The van der Waals surface area contributed by atoms with Gasteiger partial charge in [0.2, 0.25) is 5.89 Å². The van der Waals surface area contributed by atoms with Gasteiger partial charge in [-0.3, -0.25) is 10.1 Å². The maximum Gasteiger partial charge on any atom is 0.322 e. The van der Waals surface area contributed by atoms with E-state index >= 15 is 0 Å². The lowest BCUT2D eigenvalue weighted by Crippen LogP contribution is -2.07. The third kappa shape index (κ3) is 5.57. The highest BCUT2D eigenvalue weighted by atomic mass is 16.5. The molecule has 32 heavy (non-hydrogen) atoms. The summed E-state index contributed by atoms with van der Waals surface area (Å²) in [4.78, 5) is 12.2. The van der Waals surface area contributed by atoms with Gasteiger partial charge in [0.1, 0.15) is 0 Å². The van der Waals surface area contributed by atoms with Crippen molar-refractivity contribution >= 4 is 18.0 Å². The number of nitrogens with zero attached hydrogens (tertiary/aromatic N) is 2. The van der Waals surface area contributed by atoms with E-state index in [0.717, 1.165) is 5.56 Å². The Hall–Kier alpha value is -4.01. The minimum absolute atomic E-state index is 0.0196. The Morgan fingerprint density at radius 1 is 0.938 bits per heavy atom. The van der Waals surface area contributed by atoms with Gasteiger partial charge in [-0.1, -0.05) is 11.2 Å². The molecule has 1 heterocycles. The lowest BCUT2D eigenvalue weighted by molar-refractivity contribution is -0.112. The van der Waals surface area contributed by atoms with Gasteiger partial charge in [0.25, 0.3) is 5.91 Å². The average molecular weight is 439 g/mol. The van der Waals surface area contributed by atoms with E-state index < -0.39 is 5.91 Å². The van der Waals surface area contributed by atoms with E-state index in [0.29, 0.717) is 41.8 Å². The highest BCUT2D eigenvalue weighted by Crippen LogP contribution is 2.33. The van der Waals surface area contributed by atoms with Crippen LogP contribution in [0.3, 0.4) is 0 Å². The smallest absolute Gasteiger partial charge is 0.322 e. The second-order valence-electron chi connectivity index (χ2n) is 6.38. The van der Waals surface area contributed by atoms with Gasteiger partial charge in [-0.05, 0) is 55.8 Å². The van der Waals surface area contributed by atoms with Crippen LogP contribution in [0.2, 0.25) is 0 Å². The minimum Gasteiger partial charge on any atom is -0.493 e.